The van der Waals surface area contributed by atoms with Crippen molar-refractivity contribution < 1.29 is 9.52 Å². The monoisotopic (exact) mass is 312 g/mol. The predicted octanol–water partition coefficient (Wildman–Crippen LogP) is 3.45. The molecule has 2 aliphatic heterocycles. The Labute approximate surface area is 137 Å². The van der Waals surface area contributed by atoms with Gasteiger partial charge >= 0.3 is 0 Å². The molecule has 1 unspecified atom stereocenters. The first kappa shape index (κ1) is 14.9. The SMILES string of the molecule is Cc1ccccc1-c1nc(CN2[C@@H]3CC[C@H]2CC(O)C3)c(C)o1. The number of hydrogen-bond acceptors (Lipinski definition) is 4. The minimum atomic E-state index is -0.121. The zero-order valence-corrected chi connectivity index (χ0v) is 13.8. The van der Waals surface area contributed by atoms with E-state index < -0.39 is 0 Å². The molecular formula is C19H24N2O2. The Morgan fingerprint density at radius 3 is 2.57 bits per heavy atom. The van der Waals surface area contributed by atoms with Crippen molar-refractivity contribution in [2.24, 2.45) is 0 Å². The van der Waals surface area contributed by atoms with E-state index in [9.17, 15) is 5.11 Å². The first-order chi connectivity index (χ1) is 11.1. The Morgan fingerprint density at radius 2 is 1.87 bits per heavy atom. The molecule has 2 aliphatic rings. The van der Waals surface area contributed by atoms with Crippen molar-refractivity contribution in [3.8, 4) is 11.5 Å². The number of benzene rings is 1. The Morgan fingerprint density at radius 1 is 1.17 bits per heavy atom. The molecule has 4 nitrogen and oxygen atoms in total. The van der Waals surface area contributed by atoms with Gasteiger partial charge in [0.1, 0.15) is 5.76 Å². The molecular weight excluding hydrogens is 288 g/mol. The summed E-state index contributed by atoms with van der Waals surface area (Å²) in [5, 5.41) is 9.95. The molecule has 0 radical (unpaired) electrons. The lowest BCUT2D eigenvalue weighted by Crippen LogP contribution is -2.44. The number of aliphatic hydroxyl groups is 1. The number of aromatic nitrogens is 1. The van der Waals surface area contributed by atoms with Crippen molar-refractivity contribution in [2.75, 3.05) is 0 Å². The van der Waals surface area contributed by atoms with Crippen molar-refractivity contribution in [1.82, 2.24) is 9.88 Å². The summed E-state index contributed by atoms with van der Waals surface area (Å²) >= 11 is 0. The second-order valence-electron chi connectivity index (χ2n) is 7.02. The van der Waals surface area contributed by atoms with E-state index in [-0.39, 0.29) is 6.10 Å². The number of aryl methyl sites for hydroxylation is 2. The van der Waals surface area contributed by atoms with Crippen molar-refractivity contribution >= 4 is 0 Å². The van der Waals surface area contributed by atoms with Gasteiger partial charge in [-0.3, -0.25) is 4.90 Å². The Hall–Kier alpha value is -1.65. The summed E-state index contributed by atoms with van der Waals surface area (Å²) in [7, 11) is 0. The first-order valence-electron chi connectivity index (χ1n) is 8.58. The molecule has 1 aromatic carbocycles. The van der Waals surface area contributed by atoms with E-state index in [1.54, 1.807) is 0 Å². The number of rotatable bonds is 3. The van der Waals surface area contributed by atoms with Crippen LogP contribution in [-0.2, 0) is 6.54 Å². The van der Waals surface area contributed by atoms with Gasteiger partial charge in [0.25, 0.3) is 0 Å². The van der Waals surface area contributed by atoms with Crippen LogP contribution in [0.25, 0.3) is 11.5 Å². The van der Waals surface area contributed by atoms with Crippen molar-refractivity contribution in [2.45, 2.75) is 64.3 Å². The van der Waals surface area contributed by atoms with E-state index in [4.69, 9.17) is 9.40 Å². The molecule has 0 amide bonds. The molecule has 2 aromatic rings. The fourth-order valence-electron chi connectivity index (χ4n) is 4.18. The summed E-state index contributed by atoms with van der Waals surface area (Å²) in [6.45, 7) is 4.93. The van der Waals surface area contributed by atoms with Crippen molar-refractivity contribution in [1.29, 1.82) is 0 Å². The minimum absolute atomic E-state index is 0.121. The van der Waals surface area contributed by atoms with Crippen LogP contribution in [-0.4, -0.2) is 33.2 Å². The van der Waals surface area contributed by atoms with Crippen LogP contribution in [0.15, 0.2) is 28.7 Å². The Balaban J connectivity index is 1.58. The fraction of sp³-hybridized carbons (Fsp3) is 0.526. The first-order valence-corrected chi connectivity index (χ1v) is 8.58. The highest BCUT2D eigenvalue weighted by Crippen LogP contribution is 2.37. The number of hydrogen-bond donors (Lipinski definition) is 1. The van der Waals surface area contributed by atoms with E-state index >= 15 is 0 Å². The highest BCUT2D eigenvalue weighted by atomic mass is 16.4. The largest absolute Gasteiger partial charge is 0.441 e. The normalized spacial score (nSPS) is 27.5. The van der Waals surface area contributed by atoms with Crippen LogP contribution in [0.4, 0.5) is 0 Å². The van der Waals surface area contributed by atoms with Gasteiger partial charge in [0.15, 0.2) is 0 Å². The Kier molecular flexibility index (Phi) is 3.74. The van der Waals surface area contributed by atoms with Gasteiger partial charge in [0.2, 0.25) is 5.89 Å². The lowest BCUT2D eigenvalue weighted by Gasteiger charge is -2.36. The van der Waals surface area contributed by atoms with Gasteiger partial charge in [0.05, 0.1) is 11.8 Å². The molecule has 1 aromatic heterocycles. The average Bonchev–Trinajstić information content (AvgIpc) is 2.98. The Bertz CT molecular complexity index is 695. The van der Waals surface area contributed by atoms with Crippen LogP contribution in [0.3, 0.4) is 0 Å². The molecule has 4 heteroatoms. The minimum Gasteiger partial charge on any atom is -0.441 e. The predicted molar refractivity (Wildman–Crippen MR) is 89.0 cm³/mol. The van der Waals surface area contributed by atoms with E-state index in [0.717, 1.165) is 42.3 Å². The molecule has 2 fully saturated rings. The van der Waals surface area contributed by atoms with Gasteiger partial charge in [-0.1, -0.05) is 18.2 Å². The molecule has 2 bridgehead atoms. The number of oxazole rings is 1. The van der Waals surface area contributed by atoms with Crippen LogP contribution in [0.2, 0.25) is 0 Å². The number of fused-ring (bicyclic) bond motifs is 2. The molecule has 3 heterocycles. The topological polar surface area (TPSA) is 49.5 Å². The maximum atomic E-state index is 9.95. The molecule has 1 N–H and O–H groups in total. The van der Waals surface area contributed by atoms with E-state index in [1.165, 1.54) is 18.4 Å². The third-order valence-corrected chi connectivity index (χ3v) is 5.46. The fourth-order valence-corrected chi connectivity index (χ4v) is 4.18. The van der Waals surface area contributed by atoms with Gasteiger partial charge in [-0.05, 0) is 51.2 Å². The van der Waals surface area contributed by atoms with Crippen LogP contribution < -0.4 is 0 Å². The van der Waals surface area contributed by atoms with Crippen molar-refractivity contribution in [3.63, 3.8) is 0 Å². The number of aliphatic hydroxyl groups excluding tert-OH is 1. The summed E-state index contributed by atoms with van der Waals surface area (Å²) < 4.78 is 5.95. The molecule has 3 atom stereocenters. The second-order valence-corrected chi connectivity index (χ2v) is 7.02. The molecule has 122 valence electrons. The lowest BCUT2D eigenvalue weighted by molar-refractivity contribution is 0.0302. The van der Waals surface area contributed by atoms with E-state index in [1.807, 2.05) is 19.1 Å². The van der Waals surface area contributed by atoms with Crippen LogP contribution >= 0.6 is 0 Å². The summed E-state index contributed by atoms with van der Waals surface area (Å²) in [4.78, 5) is 7.31. The second kappa shape index (κ2) is 5.77. The van der Waals surface area contributed by atoms with E-state index in [0.29, 0.717) is 12.1 Å². The number of piperidine rings is 1. The third-order valence-electron chi connectivity index (χ3n) is 5.46. The number of nitrogens with zero attached hydrogens (tertiary/aromatic N) is 2. The molecule has 0 aliphatic carbocycles. The van der Waals surface area contributed by atoms with Gasteiger partial charge in [0, 0.05) is 24.2 Å². The van der Waals surface area contributed by atoms with Crippen LogP contribution in [0.1, 0.15) is 42.7 Å². The molecule has 4 rings (SSSR count). The summed E-state index contributed by atoms with van der Waals surface area (Å²) in [5.41, 5.74) is 3.29. The van der Waals surface area contributed by atoms with Crippen LogP contribution in [0, 0.1) is 13.8 Å². The molecule has 0 saturated carbocycles. The van der Waals surface area contributed by atoms with E-state index in [2.05, 4.69) is 24.0 Å². The van der Waals surface area contributed by atoms with Gasteiger partial charge in [-0.2, -0.15) is 0 Å². The third kappa shape index (κ3) is 2.70. The highest BCUT2D eigenvalue weighted by Gasteiger charge is 2.40. The lowest BCUT2D eigenvalue weighted by atomic mass is 9.99. The van der Waals surface area contributed by atoms with Gasteiger partial charge in [-0.15, -0.1) is 0 Å². The summed E-state index contributed by atoms with van der Waals surface area (Å²) in [5.74, 6) is 1.63. The standard InChI is InChI=1S/C19H24N2O2/c1-12-5-3-4-6-17(12)19-20-18(13(2)23-19)11-21-14-7-8-15(21)10-16(22)9-14/h3-6,14-16,22H,7-11H2,1-2H3/t14-,15+,16?. The quantitative estimate of drug-likeness (QED) is 0.943. The molecule has 2 saturated heterocycles. The zero-order chi connectivity index (χ0) is 16.0. The average molecular weight is 312 g/mol. The smallest absolute Gasteiger partial charge is 0.226 e. The maximum absolute atomic E-state index is 9.95. The van der Waals surface area contributed by atoms with Gasteiger partial charge < -0.3 is 9.52 Å². The van der Waals surface area contributed by atoms with Crippen LogP contribution in [0.5, 0.6) is 0 Å². The summed E-state index contributed by atoms with van der Waals surface area (Å²) in [6.07, 6.45) is 4.08. The highest BCUT2D eigenvalue weighted by molar-refractivity contribution is 5.58. The van der Waals surface area contributed by atoms with Gasteiger partial charge in [-0.25, -0.2) is 4.98 Å². The molecule has 0 spiro atoms. The summed E-state index contributed by atoms with van der Waals surface area (Å²) in [6, 6.07) is 9.20. The maximum Gasteiger partial charge on any atom is 0.226 e. The zero-order valence-electron chi connectivity index (χ0n) is 13.8. The molecule has 23 heavy (non-hydrogen) atoms. The van der Waals surface area contributed by atoms with Crippen molar-refractivity contribution in [3.05, 3.63) is 41.3 Å².